The summed E-state index contributed by atoms with van der Waals surface area (Å²) in [6.45, 7) is 2.05. The van der Waals surface area contributed by atoms with Gasteiger partial charge in [-0.3, -0.25) is 10.1 Å². The number of imidazole rings is 1. The van der Waals surface area contributed by atoms with Crippen LogP contribution in [0.25, 0.3) is 22.3 Å². The molecule has 2 aromatic carbocycles. The topological polar surface area (TPSA) is 70.7 Å². The van der Waals surface area contributed by atoms with Gasteiger partial charge in [0, 0.05) is 16.5 Å². The van der Waals surface area contributed by atoms with Crippen LogP contribution in [0.4, 0.5) is 5.13 Å². The molecule has 1 amide bonds. The number of anilines is 1. The number of aromatic amines is 1. The second-order valence-corrected chi connectivity index (χ2v) is 6.35. The lowest BCUT2D eigenvalue weighted by Gasteiger charge is -2.02. The molecule has 0 bridgehead atoms. The van der Waals surface area contributed by atoms with E-state index in [2.05, 4.69) is 20.3 Å². The molecule has 24 heavy (non-hydrogen) atoms. The Hall–Kier alpha value is -2.99. The number of H-pyrrole nitrogens is 1. The van der Waals surface area contributed by atoms with Gasteiger partial charge in [0.05, 0.1) is 23.1 Å². The molecule has 0 radical (unpaired) electrons. The highest BCUT2D eigenvalue weighted by atomic mass is 32.1. The molecule has 4 aromatic rings. The summed E-state index contributed by atoms with van der Waals surface area (Å²) in [5, 5.41) is 5.38. The monoisotopic (exact) mass is 334 g/mol. The maximum Gasteiger partial charge on any atom is 0.257 e. The molecular weight excluding hydrogens is 320 g/mol. The molecular formula is C18H14N4OS. The van der Waals surface area contributed by atoms with Gasteiger partial charge in [-0.1, -0.05) is 29.8 Å². The highest BCUT2D eigenvalue weighted by Gasteiger charge is 2.11. The summed E-state index contributed by atoms with van der Waals surface area (Å²) < 4.78 is 0. The number of nitrogens with zero attached hydrogens (tertiary/aromatic N) is 2. The van der Waals surface area contributed by atoms with E-state index >= 15 is 0 Å². The molecule has 0 aliphatic heterocycles. The second-order valence-electron chi connectivity index (χ2n) is 5.49. The largest absolute Gasteiger partial charge is 0.345 e. The maximum atomic E-state index is 12.4. The van der Waals surface area contributed by atoms with Crippen molar-refractivity contribution in [1.82, 2.24) is 15.0 Å². The quantitative estimate of drug-likeness (QED) is 0.588. The SMILES string of the molecule is Cc1ccc(-c2csc(NC(=O)c3ccc4nc[nH]c4c3)n2)cc1. The first kappa shape index (κ1) is 14.6. The number of aromatic nitrogens is 3. The van der Waals surface area contributed by atoms with Crippen molar-refractivity contribution in [2.45, 2.75) is 6.92 Å². The minimum atomic E-state index is -0.184. The van der Waals surface area contributed by atoms with E-state index in [-0.39, 0.29) is 5.91 Å². The van der Waals surface area contributed by atoms with E-state index in [9.17, 15) is 4.79 Å². The zero-order chi connectivity index (χ0) is 16.5. The minimum absolute atomic E-state index is 0.184. The summed E-state index contributed by atoms with van der Waals surface area (Å²) >= 11 is 1.41. The highest BCUT2D eigenvalue weighted by Crippen LogP contribution is 2.25. The fraction of sp³-hybridized carbons (Fsp3) is 0.0556. The Balaban J connectivity index is 1.54. The van der Waals surface area contributed by atoms with Gasteiger partial charge in [-0.25, -0.2) is 9.97 Å². The molecule has 5 nitrogen and oxygen atoms in total. The fourth-order valence-electron chi connectivity index (χ4n) is 2.43. The van der Waals surface area contributed by atoms with E-state index in [1.165, 1.54) is 16.9 Å². The summed E-state index contributed by atoms with van der Waals surface area (Å²) in [6, 6.07) is 13.5. The number of amides is 1. The Morgan fingerprint density at radius 2 is 2.00 bits per heavy atom. The number of aryl methyl sites for hydroxylation is 1. The number of carbonyl (C=O) groups is 1. The summed E-state index contributed by atoms with van der Waals surface area (Å²) in [5.74, 6) is -0.184. The molecule has 2 heterocycles. The number of nitrogens with one attached hydrogen (secondary N) is 2. The van der Waals surface area contributed by atoms with E-state index in [1.54, 1.807) is 18.5 Å². The molecule has 0 spiro atoms. The number of rotatable bonds is 3. The van der Waals surface area contributed by atoms with Crippen molar-refractivity contribution in [2.75, 3.05) is 5.32 Å². The average Bonchev–Trinajstić information content (AvgIpc) is 3.24. The van der Waals surface area contributed by atoms with Crippen LogP contribution in [0.3, 0.4) is 0 Å². The van der Waals surface area contributed by atoms with Gasteiger partial charge in [0.1, 0.15) is 0 Å². The summed E-state index contributed by atoms with van der Waals surface area (Å²) in [4.78, 5) is 24.0. The van der Waals surface area contributed by atoms with Crippen LogP contribution in [-0.2, 0) is 0 Å². The first-order valence-electron chi connectivity index (χ1n) is 7.46. The number of benzene rings is 2. The smallest absolute Gasteiger partial charge is 0.257 e. The Bertz CT molecular complexity index is 1020. The van der Waals surface area contributed by atoms with Crippen molar-refractivity contribution in [3.05, 3.63) is 65.3 Å². The number of hydrogen-bond acceptors (Lipinski definition) is 4. The van der Waals surface area contributed by atoms with E-state index < -0.39 is 0 Å². The maximum absolute atomic E-state index is 12.4. The number of fused-ring (bicyclic) bond motifs is 1. The van der Waals surface area contributed by atoms with Crippen LogP contribution >= 0.6 is 11.3 Å². The van der Waals surface area contributed by atoms with Gasteiger partial charge in [0.2, 0.25) is 0 Å². The summed E-state index contributed by atoms with van der Waals surface area (Å²) in [5.41, 5.74) is 5.34. The molecule has 0 saturated carbocycles. The van der Waals surface area contributed by atoms with Crippen LogP contribution in [0.1, 0.15) is 15.9 Å². The number of thiazole rings is 1. The lowest BCUT2D eigenvalue weighted by Crippen LogP contribution is -2.11. The molecule has 0 unspecified atom stereocenters. The normalized spacial score (nSPS) is 10.9. The first-order valence-corrected chi connectivity index (χ1v) is 8.34. The highest BCUT2D eigenvalue weighted by molar-refractivity contribution is 7.14. The van der Waals surface area contributed by atoms with Crippen LogP contribution in [0.5, 0.6) is 0 Å². The Labute approximate surface area is 142 Å². The first-order chi connectivity index (χ1) is 11.7. The van der Waals surface area contributed by atoms with E-state index in [0.29, 0.717) is 10.7 Å². The molecule has 2 aromatic heterocycles. The van der Waals surface area contributed by atoms with Gasteiger partial charge in [-0.2, -0.15) is 0 Å². The van der Waals surface area contributed by atoms with Crippen molar-refractivity contribution in [3.8, 4) is 11.3 Å². The van der Waals surface area contributed by atoms with Crippen LogP contribution in [0.15, 0.2) is 54.2 Å². The standard InChI is InChI=1S/C18H14N4OS/c1-11-2-4-12(5-3-11)16-9-24-18(21-16)22-17(23)13-6-7-14-15(8-13)20-10-19-14/h2-10H,1H3,(H,19,20)(H,21,22,23). The van der Waals surface area contributed by atoms with Gasteiger partial charge in [0.25, 0.3) is 5.91 Å². The van der Waals surface area contributed by atoms with Crippen molar-refractivity contribution < 1.29 is 4.79 Å². The molecule has 0 aliphatic carbocycles. The van der Waals surface area contributed by atoms with Crippen LogP contribution in [0, 0.1) is 6.92 Å². The summed E-state index contributed by atoms with van der Waals surface area (Å²) in [7, 11) is 0. The van der Waals surface area contributed by atoms with Crippen molar-refractivity contribution in [1.29, 1.82) is 0 Å². The van der Waals surface area contributed by atoms with Crippen molar-refractivity contribution in [3.63, 3.8) is 0 Å². The van der Waals surface area contributed by atoms with Gasteiger partial charge in [-0.05, 0) is 25.1 Å². The third kappa shape index (κ3) is 2.79. The average molecular weight is 334 g/mol. The minimum Gasteiger partial charge on any atom is -0.345 e. The van der Waals surface area contributed by atoms with Gasteiger partial charge < -0.3 is 4.98 Å². The second kappa shape index (κ2) is 5.90. The third-order valence-electron chi connectivity index (χ3n) is 3.75. The predicted octanol–water partition coefficient (Wildman–Crippen LogP) is 4.25. The molecule has 6 heteroatoms. The van der Waals surface area contributed by atoms with E-state index in [4.69, 9.17) is 0 Å². The predicted molar refractivity (Wildman–Crippen MR) is 96.3 cm³/mol. The molecule has 2 N–H and O–H groups in total. The van der Waals surface area contributed by atoms with Gasteiger partial charge in [0.15, 0.2) is 5.13 Å². The fourth-order valence-corrected chi connectivity index (χ4v) is 3.15. The molecule has 118 valence electrons. The lowest BCUT2D eigenvalue weighted by molar-refractivity contribution is 0.102. The van der Waals surface area contributed by atoms with Crippen LogP contribution in [0.2, 0.25) is 0 Å². The van der Waals surface area contributed by atoms with Gasteiger partial charge in [-0.15, -0.1) is 11.3 Å². The van der Waals surface area contributed by atoms with Crippen LogP contribution in [-0.4, -0.2) is 20.9 Å². The molecule has 4 rings (SSSR count). The molecule has 0 aliphatic rings. The lowest BCUT2D eigenvalue weighted by atomic mass is 10.1. The Morgan fingerprint density at radius 1 is 1.17 bits per heavy atom. The zero-order valence-electron chi connectivity index (χ0n) is 12.9. The van der Waals surface area contributed by atoms with Crippen molar-refractivity contribution >= 4 is 33.4 Å². The van der Waals surface area contributed by atoms with E-state index in [0.717, 1.165) is 22.3 Å². The summed E-state index contributed by atoms with van der Waals surface area (Å²) in [6.07, 6.45) is 1.61. The van der Waals surface area contributed by atoms with Gasteiger partial charge >= 0.3 is 0 Å². The molecule has 0 fully saturated rings. The molecule has 0 atom stereocenters. The number of hydrogen-bond donors (Lipinski definition) is 2. The zero-order valence-corrected chi connectivity index (χ0v) is 13.7. The Kier molecular flexibility index (Phi) is 3.59. The molecule has 0 saturated heterocycles. The van der Waals surface area contributed by atoms with Crippen molar-refractivity contribution in [2.24, 2.45) is 0 Å². The Morgan fingerprint density at radius 3 is 2.83 bits per heavy atom. The number of carbonyl (C=O) groups excluding carboxylic acids is 1. The third-order valence-corrected chi connectivity index (χ3v) is 4.51. The van der Waals surface area contributed by atoms with Crippen LogP contribution < -0.4 is 5.32 Å². The van der Waals surface area contributed by atoms with E-state index in [1.807, 2.05) is 42.6 Å².